The molecule has 3 N–H and O–H groups in total. The van der Waals surface area contributed by atoms with E-state index in [1.807, 2.05) is 13.8 Å². The molecule has 2 rings (SSSR count). The van der Waals surface area contributed by atoms with Gasteiger partial charge in [-0.2, -0.15) is 0 Å². The first kappa shape index (κ1) is 17.1. The number of amides is 1. The summed E-state index contributed by atoms with van der Waals surface area (Å²) in [6.45, 7) is 5.23. The molecular formula is C15H23N5O3. The lowest BCUT2D eigenvalue weighted by molar-refractivity contribution is -0.385. The van der Waals surface area contributed by atoms with Gasteiger partial charge in [-0.3, -0.25) is 14.9 Å². The van der Waals surface area contributed by atoms with Crippen molar-refractivity contribution in [1.29, 1.82) is 0 Å². The molecule has 1 amide bonds. The summed E-state index contributed by atoms with van der Waals surface area (Å²) in [5, 5.41) is 13.8. The smallest absolute Gasteiger partial charge is 0.287 e. The van der Waals surface area contributed by atoms with Gasteiger partial charge in [0.15, 0.2) is 0 Å². The summed E-state index contributed by atoms with van der Waals surface area (Å²) in [5.74, 6) is 0.715. The van der Waals surface area contributed by atoms with Gasteiger partial charge in [0.1, 0.15) is 12.0 Å². The van der Waals surface area contributed by atoms with Crippen LogP contribution in [0.3, 0.4) is 0 Å². The van der Waals surface area contributed by atoms with Crippen LogP contribution in [0.25, 0.3) is 0 Å². The molecule has 3 unspecified atom stereocenters. The molecule has 23 heavy (non-hydrogen) atoms. The summed E-state index contributed by atoms with van der Waals surface area (Å²) in [6, 6.07) is 2.60. The topological polar surface area (TPSA) is 114 Å². The zero-order valence-electron chi connectivity index (χ0n) is 13.4. The van der Waals surface area contributed by atoms with Gasteiger partial charge in [-0.1, -0.05) is 20.3 Å². The third-order valence-corrected chi connectivity index (χ3v) is 4.35. The summed E-state index contributed by atoms with van der Waals surface area (Å²) in [4.78, 5) is 28.3. The largest absolute Gasteiger partial charge is 0.365 e. The molecule has 2 heterocycles. The molecule has 1 fully saturated rings. The summed E-state index contributed by atoms with van der Waals surface area (Å²) in [5.41, 5.74) is 5.96. The van der Waals surface area contributed by atoms with Gasteiger partial charge in [-0.15, -0.1) is 0 Å². The SMILES string of the molecule is CCC(C)C(N)C(=O)N1CCC(Nc2ccc([N+](=O)[O-])cn2)C1. The number of carbonyl (C=O) groups excluding carboxylic acids is 1. The molecule has 1 aliphatic heterocycles. The van der Waals surface area contributed by atoms with Crippen molar-refractivity contribution in [1.82, 2.24) is 9.88 Å². The standard InChI is InChI=1S/C15H23N5O3/c1-3-10(2)14(16)15(21)19-7-6-11(9-19)18-13-5-4-12(8-17-13)20(22)23/h4-5,8,10-11,14H,3,6-7,9,16H2,1-2H3,(H,17,18). The molecular weight excluding hydrogens is 298 g/mol. The van der Waals surface area contributed by atoms with Crippen LogP contribution < -0.4 is 11.1 Å². The van der Waals surface area contributed by atoms with E-state index >= 15 is 0 Å². The second kappa shape index (κ2) is 7.36. The minimum Gasteiger partial charge on any atom is -0.365 e. The van der Waals surface area contributed by atoms with Crippen LogP contribution in [0, 0.1) is 16.0 Å². The molecule has 0 aromatic carbocycles. The Bertz CT molecular complexity index is 563. The lowest BCUT2D eigenvalue weighted by Crippen LogP contribution is -2.46. The van der Waals surface area contributed by atoms with E-state index in [0.717, 1.165) is 12.8 Å². The molecule has 0 aliphatic carbocycles. The molecule has 8 nitrogen and oxygen atoms in total. The highest BCUT2D eigenvalue weighted by atomic mass is 16.6. The maximum atomic E-state index is 12.3. The minimum atomic E-state index is -0.483. The highest BCUT2D eigenvalue weighted by Crippen LogP contribution is 2.18. The highest BCUT2D eigenvalue weighted by molar-refractivity contribution is 5.82. The number of hydrogen-bond donors (Lipinski definition) is 2. The summed E-state index contributed by atoms with van der Waals surface area (Å²) in [7, 11) is 0. The number of likely N-dealkylation sites (tertiary alicyclic amines) is 1. The van der Waals surface area contributed by atoms with Crippen molar-refractivity contribution in [2.45, 2.75) is 38.8 Å². The van der Waals surface area contributed by atoms with Gasteiger partial charge in [0.05, 0.1) is 11.0 Å². The molecule has 0 saturated carbocycles. The van der Waals surface area contributed by atoms with Gasteiger partial charge in [0.25, 0.3) is 5.69 Å². The van der Waals surface area contributed by atoms with E-state index in [9.17, 15) is 14.9 Å². The number of aromatic nitrogens is 1. The third-order valence-electron chi connectivity index (χ3n) is 4.35. The normalized spacial score (nSPS) is 20.1. The van der Waals surface area contributed by atoms with Crippen molar-refractivity contribution in [2.75, 3.05) is 18.4 Å². The second-order valence-electron chi connectivity index (χ2n) is 5.98. The van der Waals surface area contributed by atoms with Crippen molar-refractivity contribution in [3.63, 3.8) is 0 Å². The molecule has 0 spiro atoms. The maximum Gasteiger partial charge on any atom is 0.287 e. The molecule has 1 aliphatic rings. The number of nitrogens with one attached hydrogen (secondary N) is 1. The van der Waals surface area contributed by atoms with Gasteiger partial charge in [-0.25, -0.2) is 4.98 Å². The average Bonchev–Trinajstić information content (AvgIpc) is 3.01. The molecule has 0 bridgehead atoms. The lowest BCUT2D eigenvalue weighted by Gasteiger charge is -2.24. The van der Waals surface area contributed by atoms with Gasteiger partial charge < -0.3 is 16.0 Å². The third kappa shape index (κ3) is 4.16. The van der Waals surface area contributed by atoms with E-state index in [0.29, 0.717) is 18.9 Å². The van der Waals surface area contributed by atoms with E-state index in [1.54, 1.807) is 11.0 Å². The summed E-state index contributed by atoms with van der Waals surface area (Å²) >= 11 is 0. The Labute approximate surface area is 135 Å². The number of carbonyl (C=O) groups is 1. The van der Waals surface area contributed by atoms with Crippen LogP contribution in [0.4, 0.5) is 11.5 Å². The Hall–Kier alpha value is -2.22. The van der Waals surface area contributed by atoms with Crippen LogP contribution >= 0.6 is 0 Å². The Morgan fingerprint density at radius 1 is 1.61 bits per heavy atom. The number of hydrogen-bond acceptors (Lipinski definition) is 6. The van der Waals surface area contributed by atoms with Gasteiger partial charge in [-0.05, 0) is 18.4 Å². The number of nitrogens with two attached hydrogens (primary N) is 1. The fourth-order valence-electron chi connectivity index (χ4n) is 2.57. The molecule has 3 atom stereocenters. The van der Waals surface area contributed by atoms with Crippen LogP contribution in [0.1, 0.15) is 26.7 Å². The zero-order chi connectivity index (χ0) is 17.0. The number of rotatable bonds is 6. The Kier molecular flexibility index (Phi) is 5.49. The first-order valence-electron chi connectivity index (χ1n) is 7.83. The molecule has 1 aromatic rings. The fourth-order valence-corrected chi connectivity index (χ4v) is 2.57. The zero-order valence-corrected chi connectivity index (χ0v) is 13.4. The summed E-state index contributed by atoms with van der Waals surface area (Å²) in [6.07, 6.45) is 2.89. The monoisotopic (exact) mass is 321 g/mol. The number of nitro groups is 1. The Morgan fingerprint density at radius 2 is 2.35 bits per heavy atom. The molecule has 126 valence electrons. The number of nitrogens with zero attached hydrogens (tertiary/aromatic N) is 3. The van der Waals surface area contributed by atoms with E-state index < -0.39 is 11.0 Å². The van der Waals surface area contributed by atoms with Gasteiger partial charge in [0, 0.05) is 25.2 Å². The highest BCUT2D eigenvalue weighted by Gasteiger charge is 2.31. The van der Waals surface area contributed by atoms with Crippen molar-refractivity contribution in [3.8, 4) is 0 Å². The molecule has 0 radical (unpaired) electrons. The van der Waals surface area contributed by atoms with E-state index in [2.05, 4.69) is 10.3 Å². The van der Waals surface area contributed by atoms with Gasteiger partial charge in [0.2, 0.25) is 5.91 Å². The van der Waals surface area contributed by atoms with Crippen LogP contribution in [-0.2, 0) is 4.79 Å². The maximum absolute atomic E-state index is 12.3. The van der Waals surface area contributed by atoms with E-state index in [-0.39, 0.29) is 23.6 Å². The van der Waals surface area contributed by atoms with Crippen LogP contribution in [0.15, 0.2) is 18.3 Å². The van der Waals surface area contributed by atoms with E-state index in [4.69, 9.17) is 5.73 Å². The van der Waals surface area contributed by atoms with Crippen molar-refractivity contribution < 1.29 is 9.72 Å². The first-order chi connectivity index (χ1) is 10.9. The van der Waals surface area contributed by atoms with Crippen LogP contribution in [0.5, 0.6) is 0 Å². The minimum absolute atomic E-state index is 0.0136. The quantitative estimate of drug-likeness (QED) is 0.604. The second-order valence-corrected chi connectivity index (χ2v) is 5.98. The number of pyridine rings is 1. The molecule has 8 heteroatoms. The Balaban J connectivity index is 1.90. The van der Waals surface area contributed by atoms with Crippen molar-refractivity contribution >= 4 is 17.4 Å². The van der Waals surface area contributed by atoms with Crippen LogP contribution in [-0.4, -0.2) is 45.9 Å². The Morgan fingerprint density at radius 3 is 2.91 bits per heavy atom. The van der Waals surface area contributed by atoms with Crippen molar-refractivity contribution in [3.05, 3.63) is 28.4 Å². The average molecular weight is 321 g/mol. The molecule has 1 saturated heterocycles. The van der Waals surface area contributed by atoms with Crippen molar-refractivity contribution in [2.24, 2.45) is 11.7 Å². The fraction of sp³-hybridized carbons (Fsp3) is 0.600. The van der Waals surface area contributed by atoms with E-state index in [1.165, 1.54) is 12.3 Å². The van der Waals surface area contributed by atoms with Gasteiger partial charge >= 0.3 is 0 Å². The van der Waals surface area contributed by atoms with Crippen LogP contribution in [0.2, 0.25) is 0 Å². The summed E-state index contributed by atoms with van der Waals surface area (Å²) < 4.78 is 0. The predicted molar refractivity (Wildman–Crippen MR) is 86.9 cm³/mol. The number of anilines is 1. The first-order valence-corrected chi connectivity index (χ1v) is 7.83. The lowest BCUT2D eigenvalue weighted by atomic mass is 9.99. The molecule has 1 aromatic heterocycles. The predicted octanol–water partition coefficient (Wildman–Crippen LogP) is 1.38.